The van der Waals surface area contributed by atoms with Gasteiger partial charge in [0.2, 0.25) is 0 Å². The number of hydrogen-bond donors (Lipinski definition) is 2. The SMILES string of the molecule is CC(C)C1CCC(Nc2ccc(O)c(Cl)c2)CC1. The molecule has 1 aromatic carbocycles. The van der Waals surface area contributed by atoms with Gasteiger partial charge < -0.3 is 10.4 Å². The second kappa shape index (κ2) is 5.83. The molecule has 0 bridgehead atoms. The smallest absolute Gasteiger partial charge is 0.134 e. The third-order valence-electron chi connectivity index (χ3n) is 4.03. The first-order chi connectivity index (χ1) is 8.56. The summed E-state index contributed by atoms with van der Waals surface area (Å²) in [6, 6.07) is 5.87. The maximum absolute atomic E-state index is 9.39. The van der Waals surface area contributed by atoms with Crippen molar-refractivity contribution in [2.45, 2.75) is 45.6 Å². The number of hydrogen-bond acceptors (Lipinski definition) is 2. The summed E-state index contributed by atoms with van der Waals surface area (Å²) in [6.07, 6.45) is 5.06. The lowest BCUT2D eigenvalue weighted by Crippen LogP contribution is -2.27. The molecule has 0 aromatic heterocycles. The van der Waals surface area contributed by atoms with E-state index in [2.05, 4.69) is 19.2 Å². The molecule has 0 saturated heterocycles. The topological polar surface area (TPSA) is 32.3 Å². The fourth-order valence-corrected chi connectivity index (χ4v) is 2.94. The second-order valence-corrected chi connectivity index (χ2v) is 6.07. The molecule has 18 heavy (non-hydrogen) atoms. The predicted molar refractivity (Wildman–Crippen MR) is 77.3 cm³/mol. The van der Waals surface area contributed by atoms with Crippen LogP contribution in [0.3, 0.4) is 0 Å². The molecule has 0 spiro atoms. The monoisotopic (exact) mass is 267 g/mol. The molecule has 1 aromatic rings. The summed E-state index contributed by atoms with van der Waals surface area (Å²) in [5, 5.41) is 13.3. The number of phenolic OH excluding ortho intramolecular Hbond substituents is 1. The molecule has 1 aliphatic rings. The van der Waals surface area contributed by atoms with Crippen LogP contribution in [-0.2, 0) is 0 Å². The first-order valence-corrected chi connectivity index (χ1v) is 7.19. The van der Waals surface area contributed by atoms with Crippen LogP contribution in [-0.4, -0.2) is 11.1 Å². The predicted octanol–water partition coefficient (Wildman–Crippen LogP) is 4.67. The van der Waals surface area contributed by atoms with Crippen LogP contribution in [0.25, 0.3) is 0 Å². The zero-order valence-electron chi connectivity index (χ0n) is 11.1. The van der Waals surface area contributed by atoms with Crippen LogP contribution in [0.1, 0.15) is 39.5 Å². The summed E-state index contributed by atoms with van der Waals surface area (Å²) in [6.45, 7) is 4.64. The Hall–Kier alpha value is -0.890. The Morgan fingerprint density at radius 1 is 1.22 bits per heavy atom. The first kappa shape index (κ1) is 13.5. The number of anilines is 1. The van der Waals surface area contributed by atoms with Crippen LogP contribution < -0.4 is 5.32 Å². The molecule has 0 heterocycles. The zero-order valence-corrected chi connectivity index (χ0v) is 11.9. The first-order valence-electron chi connectivity index (χ1n) is 6.81. The molecule has 1 aliphatic carbocycles. The Morgan fingerprint density at radius 2 is 1.89 bits per heavy atom. The highest BCUT2D eigenvalue weighted by atomic mass is 35.5. The Morgan fingerprint density at radius 3 is 2.44 bits per heavy atom. The van der Waals surface area contributed by atoms with Gasteiger partial charge >= 0.3 is 0 Å². The van der Waals surface area contributed by atoms with E-state index in [0.29, 0.717) is 11.1 Å². The third-order valence-corrected chi connectivity index (χ3v) is 4.34. The summed E-state index contributed by atoms with van der Waals surface area (Å²) in [5.74, 6) is 1.83. The maximum atomic E-state index is 9.39. The van der Waals surface area contributed by atoms with E-state index in [1.807, 2.05) is 6.07 Å². The van der Waals surface area contributed by atoms with Crippen molar-refractivity contribution >= 4 is 17.3 Å². The minimum atomic E-state index is 0.144. The molecule has 2 rings (SSSR count). The fourth-order valence-electron chi connectivity index (χ4n) is 2.76. The zero-order chi connectivity index (χ0) is 13.1. The maximum Gasteiger partial charge on any atom is 0.134 e. The van der Waals surface area contributed by atoms with Gasteiger partial charge in [-0.05, 0) is 55.7 Å². The van der Waals surface area contributed by atoms with Crippen molar-refractivity contribution in [3.8, 4) is 5.75 Å². The minimum absolute atomic E-state index is 0.144. The molecule has 0 unspecified atom stereocenters. The van der Waals surface area contributed by atoms with E-state index < -0.39 is 0 Å². The van der Waals surface area contributed by atoms with Crippen molar-refractivity contribution in [1.82, 2.24) is 0 Å². The molecule has 0 amide bonds. The number of rotatable bonds is 3. The van der Waals surface area contributed by atoms with Crippen LogP contribution in [0, 0.1) is 11.8 Å². The minimum Gasteiger partial charge on any atom is -0.506 e. The fraction of sp³-hybridized carbons (Fsp3) is 0.600. The number of aromatic hydroxyl groups is 1. The van der Waals surface area contributed by atoms with Gasteiger partial charge in [-0.15, -0.1) is 0 Å². The van der Waals surface area contributed by atoms with E-state index in [9.17, 15) is 5.11 Å². The molecule has 2 nitrogen and oxygen atoms in total. The lowest BCUT2D eigenvalue weighted by molar-refractivity contribution is 0.267. The van der Waals surface area contributed by atoms with E-state index in [4.69, 9.17) is 11.6 Å². The Bertz CT molecular complexity index is 397. The normalized spacial score (nSPS) is 24.2. The van der Waals surface area contributed by atoms with Crippen molar-refractivity contribution < 1.29 is 5.11 Å². The Balaban J connectivity index is 1.89. The molecule has 2 N–H and O–H groups in total. The molecule has 1 saturated carbocycles. The standard InChI is InChI=1S/C15H22ClNO/c1-10(2)11-3-5-12(6-4-11)17-13-7-8-15(18)14(16)9-13/h7-12,17-18H,3-6H2,1-2H3. The van der Waals surface area contributed by atoms with E-state index >= 15 is 0 Å². The summed E-state index contributed by atoms with van der Waals surface area (Å²) >= 11 is 5.91. The van der Waals surface area contributed by atoms with Gasteiger partial charge in [0.1, 0.15) is 5.75 Å². The van der Waals surface area contributed by atoms with E-state index in [1.165, 1.54) is 25.7 Å². The van der Waals surface area contributed by atoms with Crippen molar-refractivity contribution in [2.24, 2.45) is 11.8 Å². The summed E-state index contributed by atoms with van der Waals surface area (Å²) in [5.41, 5.74) is 1.01. The molecule has 100 valence electrons. The van der Waals surface area contributed by atoms with Gasteiger partial charge in [0.25, 0.3) is 0 Å². The van der Waals surface area contributed by atoms with Crippen LogP contribution >= 0.6 is 11.6 Å². The second-order valence-electron chi connectivity index (χ2n) is 5.67. The molecule has 0 radical (unpaired) electrons. The molecule has 0 atom stereocenters. The van der Waals surface area contributed by atoms with Gasteiger partial charge in [-0.1, -0.05) is 25.4 Å². The summed E-state index contributed by atoms with van der Waals surface area (Å²) < 4.78 is 0. The number of halogens is 1. The van der Waals surface area contributed by atoms with Gasteiger partial charge in [-0.3, -0.25) is 0 Å². The summed E-state index contributed by atoms with van der Waals surface area (Å²) in [7, 11) is 0. The van der Waals surface area contributed by atoms with Crippen LogP contribution in [0.5, 0.6) is 5.75 Å². The average molecular weight is 268 g/mol. The van der Waals surface area contributed by atoms with Crippen LogP contribution in [0.2, 0.25) is 5.02 Å². The lowest BCUT2D eigenvalue weighted by Gasteiger charge is -2.31. The quantitative estimate of drug-likeness (QED) is 0.780. The highest BCUT2D eigenvalue weighted by Crippen LogP contribution is 2.32. The van der Waals surface area contributed by atoms with Crippen LogP contribution in [0.15, 0.2) is 18.2 Å². The lowest BCUT2D eigenvalue weighted by atomic mass is 9.79. The van der Waals surface area contributed by atoms with Crippen molar-refractivity contribution in [3.63, 3.8) is 0 Å². The largest absolute Gasteiger partial charge is 0.506 e. The molecule has 0 aliphatic heterocycles. The van der Waals surface area contributed by atoms with Crippen molar-refractivity contribution in [1.29, 1.82) is 0 Å². The van der Waals surface area contributed by atoms with Gasteiger partial charge in [-0.25, -0.2) is 0 Å². The number of nitrogens with one attached hydrogen (secondary N) is 1. The van der Waals surface area contributed by atoms with Crippen LogP contribution in [0.4, 0.5) is 5.69 Å². The van der Waals surface area contributed by atoms with Gasteiger partial charge in [0.15, 0.2) is 0 Å². The summed E-state index contributed by atoms with van der Waals surface area (Å²) in [4.78, 5) is 0. The molecule has 1 fully saturated rings. The third kappa shape index (κ3) is 3.32. The van der Waals surface area contributed by atoms with Gasteiger partial charge in [0, 0.05) is 11.7 Å². The van der Waals surface area contributed by atoms with Gasteiger partial charge in [-0.2, -0.15) is 0 Å². The molecule has 3 heteroatoms. The Kier molecular flexibility index (Phi) is 4.39. The van der Waals surface area contributed by atoms with Crippen molar-refractivity contribution in [3.05, 3.63) is 23.2 Å². The highest BCUT2D eigenvalue weighted by molar-refractivity contribution is 6.32. The van der Waals surface area contributed by atoms with E-state index in [1.54, 1.807) is 12.1 Å². The van der Waals surface area contributed by atoms with Gasteiger partial charge in [0.05, 0.1) is 5.02 Å². The van der Waals surface area contributed by atoms with E-state index in [0.717, 1.165) is 17.5 Å². The number of phenols is 1. The highest BCUT2D eigenvalue weighted by Gasteiger charge is 2.23. The molecular formula is C15H22ClNO. The van der Waals surface area contributed by atoms with E-state index in [-0.39, 0.29) is 5.75 Å². The number of benzene rings is 1. The van der Waals surface area contributed by atoms with Crippen molar-refractivity contribution in [2.75, 3.05) is 5.32 Å². The molecular weight excluding hydrogens is 246 g/mol. The average Bonchev–Trinajstić information content (AvgIpc) is 2.34. The Labute approximate surface area is 114 Å².